The Morgan fingerprint density at radius 1 is 1.29 bits per heavy atom. The van der Waals surface area contributed by atoms with Crippen LogP contribution in [0.4, 0.5) is 0 Å². The van der Waals surface area contributed by atoms with E-state index in [0.29, 0.717) is 32.4 Å². The number of halogens is 1. The van der Waals surface area contributed by atoms with E-state index in [-0.39, 0.29) is 23.4 Å². The maximum Gasteiger partial charge on any atom is 0.235 e. The molecule has 0 aromatic heterocycles. The van der Waals surface area contributed by atoms with Crippen LogP contribution in [-0.2, 0) is 14.6 Å². The molecule has 0 bridgehead atoms. The summed E-state index contributed by atoms with van der Waals surface area (Å²) in [4.78, 5) is 11.4. The molecule has 102 valence electrons. The predicted octanol–water partition coefficient (Wildman–Crippen LogP) is 0.231. The standard InChI is InChI=1S/C10H20N2O3S.ClH/c11-6-3-7-12-10(13)8-16(14,15)9-4-1-2-5-9;/h9H,1-8,11H2,(H,12,13);1H. The van der Waals surface area contributed by atoms with Crippen LogP contribution in [0.1, 0.15) is 32.1 Å². The van der Waals surface area contributed by atoms with Gasteiger partial charge in [0.2, 0.25) is 5.91 Å². The maximum absolute atomic E-state index is 11.8. The molecule has 3 N–H and O–H groups in total. The van der Waals surface area contributed by atoms with Crippen LogP contribution in [0.3, 0.4) is 0 Å². The van der Waals surface area contributed by atoms with Gasteiger partial charge in [-0.05, 0) is 25.8 Å². The highest BCUT2D eigenvalue weighted by molar-refractivity contribution is 7.92. The van der Waals surface area contributed by atoms with Crippen molar-refractivity contribution in [3.8, 4) is 0 Å². The fourth-order valence-corrected chi connectivity index (χ4v) is 3.68. The largest absolute Gasteiger partial charge is 0.355 e. The van der Waals surface area contributed by atoms with E-state index in [1.807, 2.05) is 0 Å². The van der Waals surface area contributed by atoms with Gasteiger partial charge in [0.1, 0.15) is 5.75 Å². The molecule has 1 rings (SSSR count). The van der Waals surface area contributed by atoms with E-state index < -0.39 is 15.7 Å². The minimum Gasteiger partial charge on any atom is -0.355 e. The summed E-state index contributed by atoms with van der Waals surface area (Å²) in [5.41, 5.74) is 5.27. The van der Waals surface area contributed by atoms with Crippen LogP contribution in [0.2, 0.25) is 0 Å². The molecule has 1 aliphatic rings. The number of nitrogens with two attached hydrogens (primary N) is 1. The minimum atomic E-state index is -3.24. The van der Waals surface area contributed by atoms with Gasteiger partial charge in [0, 0.05) is 6.54 Å². The topological polar surface area (TPSA) is 89.3 Å². The summed E-state index contributed by atoms with van der Waals surface area (Å²) in [5, 5.41) is 2.27. The number of hydrogen-bond acceptors (Lipinski definition) is 4. The highest BCUT2D eigenvalue weighted by Gasteiger charge is 2.30. The lowest BCUT2D eigenvalue weighted by molar-refractivity contribution is -0.118. The van der Waals surface area contributed by atoms with Gasteiger partial charge in [-0.3, -0.25) is 4.79 Å². The van der Waals surface area contributed by atoms with Crippen molar-refractivity contribution in [3.05, 3.63) is 0 Å². The van der Waals surface area contributed by atoms with E-state index in [4.69, 9.17) is 5.73 Å². The molecule has 0 aliphatic heterocycles. The second kappa shape index (κ2) is 7.89. The quantitative estimate of drug-likeness (QED) is 0.684. The first-order valence-electron chi connectivity index (χ1n) is 5.74. The molecule has 1 saturated carbocycles. The molecule has 0 saturated heterocycles. The van der Waals surface area contributed by atoms with Crippen LogP contribution in [0, 0.1) is 0 Å². The minimum absolute atomic E-state index is 0. The molecule has 0 atom stereocenters. The van der Waals surface area contributed by atoms with Crippen molar-refractivity contribution < 1.29 is 13.2 Å². The molecule has 1 aliphatic carbocycles. The van der Waals surface area contributed by atoms with Crippen molar-refractivity contribution in [3.63, 3.8) is 0 Å². The Labute approximate surface area is 109 Å². The Balaban J connectivity index is 0.00000256. The molecule has 0 aromatic rings. The van der Waals surface area contributed by atoms with Gasteiger partial charge in [-0.25, -0.2) is 8.42 Å². The van der Waals surface area contributed by atoms with Crippen molar-refractivity contribution >= 4 is 28.2 Å². The highest BCUT2D eigenvalue weighted by Crippen LogP contribution is 2.24. The normalized spacial score (nSPS) is 16.5. The summed E-state index contributed by atoms with van der Waals surface area (Å²) in [6.07, 6.45) is 4.00. The Morgan fingerprint density at radius 2 is 1.88 bits per heavy atom. The number of nitrogens with one attached hydrogen (secondary N) is 1. The van der Waals surface area contributed by atoms with Crippen LogP contribution in [0.15, 0.2) is 0 Å². The van der Waals surface area contributed by atoms with Gasteiger partial charge in [0.15, 0.2) is 9.84 Å². The summed E-state index contributed by atoms with van der Waals surface area (Å²) >= 11 is 0. The Hall–Kier alpha value is -0.330. The van der Waals surface area contributed by atoms with Crippen LogP contribution in [0.5, 0.6) is 0 Å². The molecule has 7 heteroatoms. The second-order valence-corrected chi connectivity index (χ2v) is 6.49. The van der Waals surface area contributed by atoms with E-state index in [0.717, 1.165) is 12.8 Å². The van der Waals surface area contributed by atoms with Crippen LogP contribution < -0.4 is 11.1 Å². The zero-order chi connectivity index (χ0) is 12.0. The molecule has 5 nitrogen and oxygen atoms in total. The van der Waals surface area contributed by atoms with E-state index >= 15 is 0 Å². The van der Waals surface area contributed by atoms with Crippen molar-refractivity contribution in [1.82, 2.24) is 5.32 Å². The Morgan fingerprint density at radius 3 is 2.41 bits per heavy atom. The van der Waals surface area contributed by atoms with Gasteiger partial charge >= 0.3 is 0 Å². The van der Waals surface area contributed by atoms with Crippen molar-refractivity contribution in [2.75, 3.05) is 18.8 Å². The highest BCUT2D eigenvalue weighted by atomic mass is 35.5. The average molecular weight is 285 g/mol. The van der Waals surface area contributed by atoms with Crippen LogP contribution >= 0.6 is 12.4 Å². The first-order valence-corrected chi connectivity index (χ1v) is 7.46. The van der Waals surface area contributed by atoms with E-state index in [9.17, 15) is 13.2 Å². The molecular formula is C10H21ClN2O3S. The lowest BCUT2D eigenvalue weighted by atomic mass is 10.4. The third kappa shape index (κ3) is 5.70. The smallest absolute Gasteiger partial charge is 0.235 e. The number of hydrogen-bond donors (Lipinski definition) is 2. The summed E-state index contributed by atoms with van der Waals surface area (Å²) in [6, 6.07) is 0. The van der Waals surface area contributed by atoms with Gasteiger partial charge in [0.05, 0.1) is 5.25 Å². The SMILES string of the molecule is Cl.NCCCNC(=O)CS(=O)(=O)C1CCCC1. The molecule has 0 heterocycles. The molecule has 0 unspecified atom stereocenters. The predicted molar refractivity (Wildman–Crippen MR) is 70.0 cm³/mol. The van der Waals surface area contributed by atoms with Gasteiger partial charge in [-0.2, -0.15) is 0 Å². The summed E-state index contributed by atoms with van der Waals surface area (Å²) in [6.45, 7) is 0.950. The number of carbonyl (C=O) groups is 1. The Kier molecular flexibility index (Phi) is 7.74. The molecule has 0 aromatic carbocycles. The summed E-state index contributed by atoms with van der Waals surface area (Å²) < 4.78 is 23.6. The molecule has 1 fully saturated rings. The van der Waals surface area contributed by atoms with Crippen LogP contribution in [0.25, 0.3) is 0 Å². The number of sulfone groups is 1. The average Bonchev–Trinajstić information content (AvgIpc) is 2.70. The van der Waals surface area contributed by atoms with Crippen molar-refractivity contribution in [2.45, 2.75) is 37.4 Å². The monoisotopic (exact) mass is 284 g/mol. The number of rotatable bonds is 6. The summed E-state index contributed by atoms with van der Waals surface area (Å²) in [5.74, 6) is -0.775. The van der Waals surface area contributed by atoms with E-state index in [1.165, 1.54) is 0 Å². The maximum atomic E-state index is 11.8. The number of amides is 1. The van der Waals surface area contributed by atoms with Gasteiger partial charge in [-0.15, -0.1) is 12.4 Å². The number of carbonyl (C=O) groups excluding carboxylic acids is 1. The zero-order valence-corrected chi connectivity index (χ0v) is 11.5. The Bertz CT molecular complexity index is 326. The lowest BCUT2D eigenvalue weighted by Crippen LogP contribution is -2.35. The van der Waals surface area contributed by atoms with E-state index in [1.54, 1.807) is 0 Å². The first-order chi connectivity index (χ1) is 7.56. The molecular weight excluding hydrogens is 264 g/mol. The van der Waals surface area contributed by atoms with Crippen LogP contribution in [-0.4, -0.2) is 38.4 Å². The van der Waals surface area contributed by atoms with Gasteiger partial charge < -0.3 is 11.1 Å². The van der Waals surface area contributed by atoms with Crippen molar-refractivity contribution in [2.24, 2.45) is 5.73 Å². The zero-order valence-electron chi connectivity index (χ0n) is 9.85. The van der Waals surface area contributed by atoms with Gasteiger partial charge in [-0.1, -0.05) is 12.8 Å². The third-order valence-corrected chi connectivity index (χ3v) is 5.00. The molecule has 0 spiro atoms. The fourth-order valence-electron chi connectivity index (χ4n) is 1.93. The molecule has 1 amide bonds. The van der Waals surface area contributed by atoms with E-state index in [2.05, 4.69) is 5.32 Å². The third-order valence-electron chi connectivity index (χ3n) is 2.85. The molecule has 0 radical (unpaired) electrons. The second-order valence-electron chi connectivity index (χ2n) is 4.21. The van der Waals surface area contributed by atoms with Gasteiger partial charge in [0.25, 0.3) is 0 Å². The fraction of sp³-hybridized carbons (Fsp3) is 0.900. The lowest BCUT2D eigenvalue weighted by Gasteiger charge is -2.10. The first kappa shape index (κ1) is 16.7. The van der Waals surface area contributed by atoms with Crippen molar-refractivity contribution in [1.29, 1.82) is 0 Å². The molecule has 17 heavy (non-hydrogen) atoms. The summed E-state index contributed by atoms with van der Waals surface area (Å²) in [7, 11) is -3.24.